The number of hydrogen-bond donors (Lipinski definition) is 2. The highest BCUT2D eigenvalue weighted by Crippen LogP contribution is 2.26. The van der Waals surface area contributed by atoms with Gasteiger partial charge >= 0.3 is 6.03 Å². The molecule has 6 rings (SSSR count). The standard InChI is InChI=1S/C40H46N4O3/c45-39(42-36-11-5-2-6-12-36)35-19-17-34(18-20-35)33-15-13-30(14-16-33)27-44(28-32-10-7-25-41-26-32)40(46)43-37-21-23-38(24-22-37)47-29-31-8-3-1-4-9-31/h7,10,13-26,31,36H,1-6,8-9,11-12,27-29H2,(H,42,45)(H,43,46). The number of carbonyl (C=O) groups is 2. The Hall–Kier alpha value is -4.65. The number of nitrogens with zero attached hydrogens (tertiary/aromatic N) is 2. The van der Waals surface area contributed by atoms with Crippen molar-refractivity contribution in [3.8, 4) is 16.9 Å². The van der Waals surface area contributed by atoms with Gasteiger partial charge in [-0.15, -0.1) is 0 Å². The molecular weight excluding hydrogens is 584 g/mol. The van der Waals surface area contributed by atoms with Gasteiger partial charge in [0.15, 0.2) is 0 Å². The summed E-state index contributed by atoms with van der Waals surface area (Å²) >= 11 is 0. The molecule has 0 saturated heterocycles. The summed E-state index contributed by atoms with van der Waals surface area (Å²) in [6.07, 6.45) is 15.7. The lowest BCUT2D eigenvalue weighted by Gasteiger charge is -2.24. The van der Waals surface area contributed by atoms with Gasteiger partial charge in [-0.2, -0.15) is 0 Å². The molecule has 3 amide bonds. The summed E-state index contributed by atoms with van der Waals surface area (Å²) in [4.78, 5) is 32.4. The highest BCUT2D eigenvalue weighted by atomic mass is 16.5. The van der Waals surface area contributed by atoms with Gasteiger partial charge in [0.1, 0.15) is 5.75 Å². The summed E-state index contributed by atoms with van der Waals surface area (Å²) < 4.78 is 6.05. The van der Waals surface area contributed by atoms with Gasteiger partial charge in [-0.3, -0.25) is 9.78 Å². The Kier molecular flexibility index (Phi) is 11.2. The topological polar surface area (TPSA) is 83.6 Å². The fourth-order valence-electron chi connectivity index (χ4n) is 6.67. The van der Waals surface area contributed by atoms with Crippen LogP contribution in [0.25, 0.3) is 11.1 Å². The van der Waals surface area contributed by atoms with E-state index in [0.717, 1.165) is 53.1 Å². The SMILES string of the molecule is O=C(NC1CCCCC1)c1ccc(-c2ccc(CN(Cc3cccnc3)C(=O)Nc3ccc(OCC4CCCCC4)cc3)cc2)cc1. The van der Waals surface area contributed by atoms with E-state index in [-0.39, 0.29) is 11.9 Å². The first kappa shape index (κ1) is 32.3. The van der Waals surface area contributed by atoms with Crippen LogP contribution < -0.4 is 15.4 Å². The normalized spacial score (nSPS) is 15.5. The minimum absolute atomic E-state index is 0.00437. The predicted octanol–water partition coefficient (Wildman–Crippen LogP) is 9.00. The highest BCUT2D eigenvalue weighted by molar-refractivity contribution is 5.95. The molecule has 1 heterocycles. The summed E-state index contributed by atoms with van der Waals surface area (Å²) in [6, 6.07) is 27.7. The number of amides is 3. The van der Waals surface area contributed by atoms with E-state index >= 15 is 0 Å². The molecule has 47 heavy (non-hydrogen) atoms. The Morgan fingerprint density at radius 2 is 1.36 bits per heavy atom. The number of carbonyl (C=O) groups excluding carboxylic acids is 2. The van der Waals surface area contributed by atoms with Crippen LogP contribution in [0.3, 0.4) is 0 Å². The Morgan fingerprint density at radius 1 is 0.723 bits per heavy atom. The van der Waals surface area contributed by atoms with Gasteiger partial charge in [0.2, 0.25) is 0 Å². The first-order chi connectivity index (χ1) is 23.1. The van der Waals surface area contributed by atoms with E-state index in [9.17, 15) is 9.59 Å². The molecule has 7 heteroatoms. The van der Waals surface area contributed by atoms with E-state index in [4.69, 9.17) is 4.74 Å². The average Bonchev–Trinajstić information content (AvgIpc) is 3.13. The number of aromatic nitrogens is 1. The lowest BCUT2D eigenvalue weighted by molar-refractivity contribution is 0.0927. The predicted molar refractivity (Wildman–Crippen MR) is 187 cm³/mol. The van der Waals surface area contributed by atoms with Crippen molar-refractivity contribution < 1.29 is 14.3 Å². The summed E-state index contributed by atoms with van der Waals surface area (Å²) in [6.45, 7) is 1.62. The second kappa shape index (κ2) is 16.3. The molecule has 0 atom stereocenters. The number of hydrogen-bond acceptors (Lipinski definition) is 4. The molecule has 0 radical (unpaired) electrons. The fourth-order valence-corrected chi connectivity index (χ4v) is 6.67. The van der Waals surface area contributed by atoms with Crippen molar-refractivity contribution in [3.05, 3.63) is 114 Å². The number of ether oxygens (including phenoxy) is 1. The highest BCUT2D eigenvalue weighted by Gasteiger charge is 2.18. The maximum absolute atomic E-state index is 13.6. The molecule has 1 aromatic heterocycles. The molecule has 7 nitrogen and oxygen atoms in total. The molecule has 244 valence electrons. The number of nitrogens with one attached hydrogen (secondary N) is 2. The monoisotopic (exact) mass is 630 g/mol. The zero-order valence-corrected chi connectivity index (χ0v) is 27.2. The van der Waals surface area contributed by atoms with Crippen LogP contribution in [-0.4, -0.2) is 34.5 Å². The molecule has 2 fully saturated rings. The number of pyridine rings is 1. The van der Waals surface area contributed by atoms with Crippen molar-refractivity contribution in [1.29, 1.82) is 0 Å². The van der Waals surface area contributed by atoms with Crippen molar-refractivity contribution >= 4 is 17.6 Å². The molecule has 0 spiro atoms. The molecule has 2 saturated carbocycles. The van der Waals surface area contributed by atoms with Gasteiger partial charge in [-0.25, -0.2) is 4.79 Å². The Morgan fingerprint density at radius 3 is 2.02 bits per heavy atom. The van der Waals surface area contributed by atoms with Gasteiger partial charge in [-0.05, 0) is 96.3 Å². The molecule has 0 unspecified atom stereocenters. The molecule has 2 aliphatic rings. The van der Waals surface area contributed by atoms with Crippen molar-refractivity contribution in [3.63, 3.8) is 0 Å². The van der Waals surface area contributed by atoms with Crippen molar-refractivity contribution in [2.24, 2.45) is 5.92 Å². The minimum Gasteiger partial charge on any atom is -0.493 e. The maximum Gasteiger partial charge on any atom is 0.322 e. The third kappa shape index (κ3) is 9.44. The zero-order chi connectivity index (χ0) is 32.3. The Balaban J connectivity index is 1.07. The summed E-state index contributed by atoms with van der Waals surface area (Å²) in [7, 11) is 0. The van der Waals surface area contributed by atoms with Gasteiger partial charge in [-0.1, -0.05) is 81.0 Å². The van der Waals surface area contributed by atoms with Crippen LogP contribution in [0.4, 0.5) is 10.5 Å². The van der Waals surface area contributed by atoms with Crippen LogP contribution in [0, 0.1) is 5.92 Å². The van der Waals surface area contributed by atoms with Crippen LogP contribution in [-0.2, 0) is 13.1 Å². The van der Waals surface area contributed by atoms with Crippen LogP contribution in [0.2, 0.25) is 0 Å². The lowest BCUT2D eigenvalue weighted by Crippen LogP contribution is -2.36. The van der Waals surface area contributed by atoms with Gasteiger partial charge in [0.25, 0.3) is 5.91 Å². The van der Waals surface area contributed by atoms with Crippen LogP contribution in [0.5, 0.6) is 5.75 Å². The molecular formula is C40H46N4O3. The van der Waals surface area contributed by atoms with Crippen molar-refractivity contribution in [2.45, 2.75) is 83.3 Å². The van der Waals surface area contributed by atoms with E-state index in [1.165, 1.54) is 51.4 Å². The molecule has 2 aliphatic carbocycles. The zero-order valence-electron chi connectivity index (χ0n) is 27.2. The molecule has 0 bridgehead atoms. The Bertz CT molecular complexity index is 1560. The van der Waals surface area contributed by atoms with E-state index in [2.05, 4.69) is 39.9 Å². The van der Waals surface area contributed by atoms with Gasteiger partial charge < -0.3 is 20.3 Å². The molecule has 2 N–H and O–H groups in total. The molecule has 4 aromatic rings. The van der Waals surface area contributed by atoms with Crippen molar-refractivity contribution in [1.82, 2.24) is 15.2 Å². The van der Waals surface area contributed by atoms with Crippen LogP contribution in [0.15, 0.2) is 97.3 Å². The third-order valence-electron chi connectivity index (χ3n) is 9.45. The van der Waals surface area contributed by atoms with E-state index in [1.54, 1.807) is 17.3 Å². The second-order valence-corrected chi connectivity index (χ2v) is 13.1. The van der Waals surface area contributed by atoms with Gasteiger partial charge in [0, 0.05) is 42.8 Å². The molecule has 0 aliphatic heterocycles. The second-order valence-electron chi connectivity index (χ2n) is 13.1. The van der Waals surface area contributed by atoms with Gasteiger partial charge in [0.05, 0.1) is 6.61 Å². The van der Waals surface area contributed by atoms with E-state index in [0.29, 0.717) is 30.6 Å². The Labute approximate surface area is 278 Å². The summed E-state index contributed by atoms with van der Waals surface area (Å²) in [5.74, 6) is 1.48. The summed E-state index contributed by atoms with van der Waals surface area (Å²) in [5.41, 5.74) is 5.49. The lowest BCUT2D eigenvalue weighted by atomic mass is 9.90. The maximum atomic E-state index is 13.6. The van der Waals surface area contributed by atoms with E-state index < -0.39 is 0 Å². The first-order valence-electron chi connectivity index (χ1n) is 17.3. The number of rotatable bonds is 11. The number of urea groups is 1. The van der Waals surface area contributed by atoms with Crippen LogP contribution in [0.1, 0.15) is 85.7 Å². The largest absolute Gasteiger partial charge is 0.493 e. The van der Waals surface area contributed by atoms with Crippen molar-refractivity contribution in [2.75, 3.05) is 11.9 Å². The van der Waals surface area contributed by atoms with Crippen LogP contribution >= 0.6 is 0 Å². The molecule has 3 aromatic carbocycles. The fraction of sp³-hybridized carbons (Fsp3) is 0.375. The average molecular weight is 631 g/mol. The summed E-state index contributed by atoms with van der Waals surface area (Å²) in [5, 5.41) is 6.27. The quantitative estimate of drug-likeness (QED) is 0.173. The number of benzene rings is 3. The first-order valence-corrected chi connectivity index (χ1v) is 17.3. The van der Waals surface area contributed by atoms with E-state index in [1.807, 2.05) is 60.7 Å². The third-order valence-corrected chi connectivity index (χ3v) is 9.45. The minimum atomic E-state index is -0.184. The smallest absolute Gasteiger partial charge is 0.322 e. The number of anilines is 1.